The van der Waals surface area contributed by atoms with E-state index in [2.05, 4.69) is 33.8 Å². The number of aliphatic hydroxyl groups is 1. The van der Waals surface area contributed by atoms with Crippen molar-refractivity contribution in [3.05, 3.63) is 23.5 Å². The van der Waals surface area contributed by atoms with Crippen LogP contribution >= 0.6 is 0 Å². The molecule has 2 aliphatic carbocycles. The summed E-state index contributed by atoms with van der Waals surface area (Å²) in [6.45, 7) is 9.37. The van der Waals surface area contributed by atoms with E-state index in [4.69, 9.17) is 9.47 Å². The minimum absolute atomic E-state index is 0.147. The van der Waals surface area contributed by atoms with Crippen LogP contribution in [0.3, 0.4) is 0 Å². The fourth-order valence-corrected chi connectivity index (χ4v) is 6.23. The third-order valence-corrected chi connectivity index (χ3v) is 7.29. The van der Waals surface area contributed by atoms with Crippen LogP contribution in [-0.2, 0) is 14.3 Å². The lowest BCUT2D eigenvalue weighted by molar-refractivity contribution is -0.177. The molecule has 4 rings (SSSR count). The molecule has 4 aliphatic rings. The Labute approximate surface area is 143 Å². The van der Waals surface area contributed by atoms with Gasteiger partial charge in [-0.15, -0.1) is 0 Å². The van der Waals surface area contributed by atoms with Gasteiger partial charge in [-0.05, 0) is 49.4 Å². The van der Waals surface area contributed by atoms with Crippen molar-refractivity contribution >= 4 is 5.97 Å². The maximum Gasteiger partial charge on any atom is 0.337 e. The Bertz CT molecular complexity index is 646. The monoisotopic (exact) mass is 332 g/mol. The molecular formula is C20H28O4. The van der Waals surface area contributed by atoms with Crippen molar-refractivity contribution in [3.63, 3.8) is 0 Å². The summed E-state index contributed by atoms with van der Waals surface area (Å²) in [4.78, 5) is 11.6. The molecule has 4 nitrogen and oxygen atoms in total. The quantitative estimate of drug-likeness (QED) is 0.687. The van der Waals surface area contributed by atoms with E-state index in [0.717, 1.165) is 12.8 Å². The van der Waals surface area contributed by atoms with Crippen LogP contribution in [0.15, 0.2) is 23.5 Å². The number of carbonyl (C=O) groups is 1. The van der Waals surface area contributed by atoms with E-state index < -0.39 is 12.3 Å². The van der Waals surface area contributed by atoms with Gasteiger partial charge in [-0.3, -0.25) is 0 Å². The van der Waals surface area contributed by atoms with E-state index >= 15 is 0 Å². The molecule has 2 saturated carbocycles. The molecule has 0 aromatic carbocycles. The Balaban J connectivity index is 1.81. The van der Waals surface area contributed by atoms with Crippen molar-refractivity contribution in [1.29, 1.82) is 0 Å². The third-order valence-electron chi connectivity index (χ3n) is 7.29. The van der Waals surface area contributed by atoms with Gasteiger partial charge in [-0.2, -0.15) is 0 Å². The molecule has 0 saturated heterocycles. The zero-order valence-corrected chi connectivity index (χ0v) is 15.1. The van der Waals surface area contributed by atoms with E-state index in [1.165, 1.54) is 25.3 Å². The Morgan fingerprint density at radius 3 is 2.67 bits per heavy atom. The summed E-state index contributed by atoms with van der Waals surface area (Å²) in [5, 5.41) is 10.2. The first kappa shape index (κ1) is 16.2. The van der Waals surface area contributed by atoms with Crippen molar-refractivity contribution in [2.45, 2.75) is 71.7 Å². The first-order valence-corrected chi connectivity index (χ1v) is 9.17. The highest BCUT2D eigenvalue weighted by molar-refractivity contribution is 5.85. The normalized spacial score (nSPS) is 46.4. The number of rotatable bonds is 0. The van der Waals surface area contributed by atoms with Gasteiger partial charge in [0.2, 0.25) is 6.29 Å². The standard InChI is InChI=1S/C20H28O4/c1-18(2)7-5-8-19(3)14(18)6-9-20(4)15(19)10-12-13(24-20)11-16(21)23-17(12)22/h10-11,14-15,17,22H,5-9H2,1-4H3. The zero-order chi connectivity index (χ0) is 17.3. The maximum atomic E-state index is 11.6. The number of esters is 1. The molecule has 0 aromatic heterocycles. The fraction of sp³-hybridized carbons (Fsp3) is 0.750. The molecule has 1 N–H and O–H groups in total. The van der Waals surface area contributed by atoms with Crippen LogP contribution in [0.25, 0.3) is 0 Å². The highest BCUT2D eigenvalue weighted by Crippen LogP contribution is 2.64. The maximum absolute atomic E-state index is 11.6. The summed E-state index contributed by atoms with van der Waals surface area (Å²) in [7, 11) is 0. The summed E-state index contributed by atoms with van der Waals surface area (Å²) in [5.74, 6) is 0.832. The molecule has 0 bridgehead atoms. The minimum atomic E-state index is -1.21. The first-order chi connectivity index (χ1) is 11.2. The lowest BCUT2D eigenvalue weighted by atomic mass is 9.45. The van der Waals surface area contributed by atoms with Crippen molar-refractivity contribution in [2.24, 2.45) is 22.7 Å². The smallest absolute Gasteiger partial charge is 0.337 e. The van der Waals surface area contributed by atoms with Gasteiger partial charge < -0.3 is 14.6 Å². The topological polar surface area (TPSA) is 55.8 Å². The summed E-state index contributed by atoms with van der Waals surface area (Å²) in [6.07, 6.45) is 8.15. The van der Waals surface area contributed by atoms with Crippen molar-refractivity contribution in [1.82, 2.24) is 0 Å². The van der Waals surface area contributed by atoms with Crippen molar-refractivity contribution in [2.75, 3.05) is 0 Å². The summed E-state index contributed by atoms with van der Waals surface area (Å²) in [5.41, 5.74) is 0.794. The van der Waals surface area contributed by atoms with Crippen LogP contribution in [0, 0.1) is 22.7 Å². The van der Waals surface area contributed by atoms with E-state index in [1.807, 2.05) is 0 Å². The van der Waals surface area contributed by atoms with E-state index in [9.17, 15) is 9.90 Å². The van der Waals surface area contributed by atoms with Crippen LogP contribution < -0.4 is 0 Å². The zero-order valence-electron chi connectivity index (χ0n) is 15.1. The molecule has 0 spiro atoms. The second kappa shape index (κ2) is 4.87. The van der Waals surface area contributed by atoms with E-state index in [0.29, 0.717) is 22.7 Å². The summed E-state index contributed by atoms with van der Waals surface area (Å²) >= 11 is 0. The largest absolute Gasteiger partial charge is 0.486 e. The SMILES string of the molecule is CC1(C)CCCC2(C)C1CCC1(C)OC3=CC(=O)OC(O)C3=CC12. The molecule has 2 fully saturated rings. The summed E-state index contributed by atoms with van der Waals surface area (Å²) < 4.78 is 11.3. The lowest BCUT2D eigenvalue weighted by Gasteiger charge is -2.62. The number of hydrogen-bond acceptors (Lipinski definition) is 4. The van der Waals surface area contributed by atoms with Gasteiger partial charge in [0.25, 0.3) is 0 Å². The Hall–Kier alpha value is -1.29. The Morgan fingerprint density at radius 2 is 1.92 bits per heavy atom. The highest BCUT2D eigenvalue weighted by atomic mass is 16.6. The molecule has 4 heteroatoms. The Morgan fingerprint density at radius 1 is 1.17 bits per heavy atom. The van der Waals surface area contributed by atoms with Crippen LogP contribution in [0.4, 0.5) is 0 Å². The van der Waals surface area contributed by atoms with Gasteiger partial charge in [-0.1, -0.05) is 33.3 Å². The first-order valence-electron chi connectivity index (χ1n) is 9.17. The van der Waals surface area contributed by atoms with Gasteiger partial charge in [0, 0.05) is 5.92 Å². The van der Waals surface area contributed by atoms with Gasteiger partial charge in [0.1, 0.15) is 11.4 Å². The highest BCUT2D eigenvalue weighted by Gasteiger charge is 2.60. The van der Waals surface area contributed by atoms with Crippen molar-refractivity contribution in [3.8, 4) is 0 Å². The van der Waals surface area contributed by atoms with Crippen LogP contribution in [0.2, 0.25) is 0 Å². The molecular weight excluding hydrogens is 304 g/mol. The lowest BCUT2D eigenvalue weighted by Crippen LogP contribution is -2.59. The average Bonchev–Trinajstić information content (AvgIpc) is 2.44. The number of carbonyl (C=O) groups excluding carboxylic acids is 1. The number of aliphatic hydroxyl groups excluding tert-OH is 1. The fourth-order valence-electron chi connectivity index (χ4n) is 6.23. The molecule has 0 aromatic rings. The van der Waals surface area contributed by atoms with Gasteiger partial charge in [-0.25, -0.2) is 4.79 Å². The number of fused-ring (bicyclic) bond motifs is 4. The van der Waals surface area contributed by atoms with Crippen LogP contribution in [0.5, 0.6) is 0 Å². The Kier molecular flexibility index (Phi) is 3.29. The second-order valence-electron chi connectivity index (χ2n) is 9.25. The molecule has 0 radical (unpaired) electrons. The van der Waals surface area contributed by atoms with Crippen molar-refractivity contribution < 1.29 is 19.4 Å². The summed E-state index contributed by atoms with van der Waals surface area (Å²) in [6, 6.07) is 0. The van der Waals surface area contributed by atoms with Gasteiger partial charge in [0.05, 0.1) is 11.6 Å². The number of hydrogen-bond donors (Lipinski definition) is 1. The molecule has 5 atom stereocenters. The predicted molar refractivity (Wildman–Crippen MR) is 89.7 cm³/mol. The molecule has 132 valence electrons. The molecule has 2 aliphatic heterocycles. The van der Waals surface area contributed by atoms with E-state index in [1.54, 1.807) is 0 Å². The molecule has 5 unspecified atom stereocenters. The molecule has 0 amide bonds. The average molecular weight is 332 g/mol. The minimum Gasteiger partial charge on any atom is -0.486 e. The van der Waals surface area contributed by atoms with Crippen LogP contribution in [-0.4, -0.2) is 23.0 Å². The van der Waals surface area contributed by atoms with Crippen LogP contribution in [0.1, 0.15) is 59.8 Å². The van der Waals surface area contributed by atoms with Gasteiger partial charge in [0.15, 0.2) is 0 Å². The third kappa shape index (κ3) is 2.11. The number of ether oxygens (including phenoxy) is 2. The predicted octanol–water partition coefficient (Wildman–Crippen LogP) is 3.70. The number of cyclic esters (lactones) is 1. The molecule has 24 heavy (non-hydrogen) atoms. The molecule has 2 heterocycles. The second-order valence-corrected chi connectivity index (χ2v) is 9.25. The van der Waals surface area contributed by atoms with Gasteiger partial charge >= 0.3 is 5.97 Å². The van der Waals surface area contributed by atoms with E-state index in [-0.39, 0.29) is 16.9 Å².